The Hall–Kier alpha value is -2.30. The zero-order valence-corrected chi connectivity index (χ0v) is 10.5. The Morgan fingerprint density at radius 2 is 2.05 bits per heavy atom. The largest absolute Gasteiger partial charge is 0.357 e. The summed E-state index contributed by atoms with van der Waals surface area (Å²) >= 11 is 0. The molecule has 0 radical (unpaired) electrons. The summed E-state index contributed by atoms with van der Waals surface area (Å²) < 4.78 is 0. The molecule has 1 aromatic carbocycles. The fourth-order valence-corrected chi connectivity index (χ4v) is 3.16. The number of H-pyrrole nitrogens is 1. The normalized spacial score (nSPS) is 25.4. The lowest BCUT2D eigenvalue weighted by Crippen LogP contribution is -2.51. The first-order valence-corrected chi connectivity index (χ1v) is 6.31. The zero-order valence-electron chi connectivity index (χ0n) is 10.5. The van der Waals surface area contributed by atoms with E-state index in [9.17, 15) is 9.59 Å². The fourth-order valence-electron chi connectivity index (χ4n) is 3.16. The Bertz CT molecular complexity index is 733. The van der Waals surface area contributed by atoms with Gasteiger partial charge in [0, 0.05) is 23.0 Å². The summed E-state index contributed by atoms with van der Waals surface area (Å²) in [6.07, 6.45) is 0.559. The molecule has 0 bridgehead atoms. The highest BCUT2D eigenvalue weighted by Crippen LogP contribution is 2.37. The fraction of sp³-hybridized carbons (Fsp3) is 0.286. The predicted octanol–water partition coefficient (Wildman–Crippen LogP) is 1.53. The predicted molar refractivity (Wildman–Crippen MR) is 69.5 cm³/mol. The Morgan fingerprint density at radius 3 is 2.89 bits per heavy atom. The van der Waals surface area contributed by atoms with Crippen LogP contribution in [-0.2, 0) is 17.8 Å². The first kappa shape index (κ1) is 10.6. The average Bonchev–Trinajstić information content (AvgIpc) is 2.84. The summed E-state index contributed by atoms with van der Waals surface area (Å²) in [5.41, 5.74) is 2.49. The van der Waals surface area contributed by atoms with Crippen molar-refractivity contribution < 1.29 is 9.59 Å². The van der Waals surface area contributed by atoms with Gasteiger partial charge >= 0.3 is 6.03 Å². The average molecular weight is 255 g/mol. The van der Waals surface area contributed by atoms with Crippen molar-refractivity contribution >= 4 is 22.8 Å². The Labute approximate surface area is 109 Å². The van der Waals surface area contributed by atoms with Crippen molar-refractivity contribution in [3.63, 3.8) is 0 Å². The van der Waals surface area contributed by atoms with Crippen molar-refractivity contribution in [2.45, 2.75) is 25.4 Å². The molecule has 0 saturated carbocycles. The molecule has 2 N–H and O–H groups in total. The Kier molecular flexibility index (Phi) is 1.77. The van der Waals surface area contributed by atoms with Crippen molar-refractivity contribution in [3.8, 4) is 0 Å². The summed E-state index contributed by atoms with van der Waals surface area (Å²) in [5, 5.41) is 3.55. The van der Waals surface area contributed by atoms with Gasteiger partial charge in [0.1, 0.15) is 5.54 Å². The molecule has 19 heavy (non-hydrogen) atoms. The molecule has 1 atom stereocenters. The molecule has 5 nitrogen and oxygen atoms in total. The van der Waals surface area contributed by atoms with Crippen molar-refractivity contribution in [1.82, 2.24) is 15.2 Å². The number of imide groups is 1. The maximum atomic E-state index is 12.0. The number of carbonyl (C=O) groups excluding carboxylic acids is 2. The standard InChI is InChI=1S/C14H13N3O2/c1-14-6-9-8-4-2-3-5-10(8)15-11(9)7-17(14)13(19)16-12(14)18/h2-5,15H,6-7H2,1H3,(H,16,18,19). The van der Waals surface area contributed by atoms with Crippen LogP contribution < -0.4 is 5.32 Å². The van der Waals surface area contributed by atoms with Crippen LogP contribution >= 0.6 is 0 Å². The summed E-state index contributed by atoms with van der Waals surface area (Å²) in [4.78, 5) is 28.8. The third-order valence-electron chi connectivity index (χ3n) is 4.29. The van der Waals surface area contributed by atoms with Crippen molar-refractivity contribution in [2.75, 3.05) is 0 Å². The van der Waals surface area contributed by atoms with E-state index in [1.54, 1.807) is 4.90 Å². The van der Waals surface area contributed by atoms with Gasteiger partial charge in [-0.2, -0.15) is 0 Å². The lowest BCUT2D eigenvalue weighted by atomic mass is 9.86. The van der Waals surface area contributed by atoms with E-state index in [0.29, 0.717) is 13.0 Å². The van der Waals surface area contributed by atoms with Crippen LogP contribution in [0.4, 0.5) is 4.79 Å². The Morgan fingerprint density at radius 1 is 1.26 bits per heavy atom. The van der Waals surface area contributed by atoms with E-state index in [0.717, 1.165) is 22.2 Å². The van der Waals surface area contributed by atoms with Crippen LogP contribution in [0, 0.1) is 0 Å². The minimum atomic E-state index is -0.755. The van der Waals surface area contributed by atoms with Gasteiger partial charge < -0.3 is 9.88 Å². The van der Waals surface area contributed by atoms with Crippen molar-refractivity contribution in [2.24, 2.45) is 0 Å². The number of hydrogen-bond donors (Lipinski definition) is 2. The first-order chi connectivity index (χ1) is 9.09. The molecular weight excluding hydrogens is 242 g/mol. The van der Waals surface area contributed by atoms with E-state index in [1.165, 1.54) is 0 Å². The number of benzene rings is 1. The molecule has 1 saturated heterocycles. The highest BCUT2D eigenvalue weighted by molar-refractivity contribution is 6.07. The zero-order chi connectivity index (χ0) is 13.2. The summed E-state index contributed by atoms with van der Waals surface area (Å²) in [5.74, 6) is -0.201. The number of fused-ring (bicyclic) bond motifs is 4. The second-order valence-corrected chi connectivity index (χ2v) is 5.42. The molecule has 2 aromatic rings. The number of aromatic nitrogens is 1. The molecular formula is C14H13N3O2. The third kappa shape index (κ3) is 1.19. The Balaban J connectivity index is 1.94. The topological polar surface area (TPSA) is 65.2 Å². The molecule has 96 valence electrons. The molecule has 4 rings (SSSR count). The lowest BCUT2D eigenvalue weighted by Gasteiger charge is -2.36. The minimum absolute atomic E-state index is 0.201. The van der Waals surface area contributed by atoms with Crippen LogP contribution in [-0.4, -0.2) is 27.4 Å². The van der Waals surface area contributed by atoms with Crippen LogP contribution in [0.25, 0.3) is 10.9 Å². The van der Waals surface area contributed by atoms with E-state index in [4.69, 9.17) is 0 Å². The van der Waals surface area contributed by atoms with Gasteiger partial charge in [-0.15, -0.1) is 0 Å². The highest BCUT2D eigenvalue weighted by Gasteiger charge is 2.52. The number of amides is 3. The van der Waals surface area contributed by atoms with E-state index in [2.05, 4.69) is 16.4 Å². The van der Waals surface area contributed by atoms with Gasteiger partial charge in [-0.3, -0.25) is 10.1 Å². The third-order valence-corrected chi connectivity index (χ3v) is 4.29. The number of rotatable bonds is 0. The smallest absolute Gasteiger partial charge is 0.325 e. The maximum absolute atomic E-state index is 12.0. The molecule has 2 aliphatic heterocycles. The summed E-state index contributed by atoms with van der Waals surface area (Å²) in [7, 11) is 0. The van der Waals surface area contributed by atoms with Crippen LogP contribution in [0.5, 0.6) is 0 Å². The van der Waals surface area contributed by atoms with E-state index in [-0.39, 0.29) is 11.9 Å². The number of nitrogens with zero attached hydrogens (tertiary/aromatic N) is 1. The molecule has 3 heterocycles. The van der Waals surface area contributed by atoms with Crippen LogP contribution in [0.1, 0.15) is 18.2 Å². The molecule has 2 aliphatic rings. The summed E-state index contributed by atoms with van der Waals surface area (Å²) in [6, 6.07) is 7.74. The minimum Gasteiger partial charge on any atom is -0.357 e. The van der Waals surface area contributed by atoms with Gasteiger partial charge in [-0.25, -0.2) is 4.79 Å². The van der Waals surface area contributed by atoms with Gasteiger partial charge in [-0.05, 0) is 18.6 Å². The lowest BCUT2D eigenvalue weighted by molar-refractivity contribution is -0.126. The number of aromatic amines is 1. The molecule has 1 fully saturated rings. The van der Waals surface area contributed by atoms with Crippen LogP contribution in [0.3, 0.4) is 0 Å². The van der Waals surface area contributed by atoms with E-state index < -0.39 is 5.54 Å². The van der Waals surface area contributed by atoms with Crippen LogP contribution in [0.15, 0.2) is 24.3 Å². The second-order valence-electron chi connectivity index (χ2n) is 5.42. The number of urea groups is 1. The molecule has 0 spiro atoms. The van der Waals surface area contributed by atoms with Crippen molar-refractivity contribution in [3.05, 3.63) is 35.5 Å². The van der Waals surface area contributed by atoms with Gasteiger partial charge in [-0.1, -0.05) is 18.2 Å². The van der Waals surface area contributed by atoms with Gasteiger partial charge in [0.2, 0.25) is 0 Å². The maximum Gasteiger partial charge on any atom is 0.325 e. The number of para-hydroxylation sites is 1. The van der Waals surface area contributed by atoms with Gasteiger partial charge in [0.25, 0.3) is 5.91 Å². The molecule has 0 aliphatic carbocycles. The van der Waals surface area contributed by atoms with Gasteiger partial charge in [0.15, 0.2) is 0 Å². The monoisotopic (exact) mass is 255 g/mol. The highest BCUT2D eigenvalue weighted by atomic mass is 16.2. The second kappa shape index (κ2) is 3.17. The molecule has 5 heteroatoms. The molecule has 3 amide bonds. The molecule has 1 unspecified atom stereocenters. The van der Waals surface area contributed by atoms with Crippen molar-refractivity contribution in [1.29, 1.82) is 0 Å². The number of hydrogen-bond acceptors (Lipinski definition) is 2. The van der Waals surface area contributed by atoms with E-state index >= 15 is 0 Å². The number of carbonyl (C=O) groups is 2. The number of nitrogens with one attached hydrogen (secondary N) is 2. The van der Waals surface area contributed by atoms with Crippen LogP contribution in [0.2, 0.25) is 0 Å². The van der Waals surface area contributed by atoms with E-state index in [1.807, 2.05) is 25.1 Å². The summed E-state index contributed by atoms with van der Waals surface area (Å²) in [6.45, 7) is 2.29. The first-order valence-electron chi connectivity index (χ1n) is 6.31. The quantitative estimate of drug-likeness (QED) is 0.701. The molecule has 1 aromatic heterocycles. The van der Waals surface area contributed by atoms with Gasteiger partial charge in [0.05, 0.1) is 6.54 Å². The SMILES string of the molecule is CC12Cc3c([nH]c4ccccc34)CN1C(=O)NC2=O.